The maximum atomic E-state index is 13.9. The zero-order chi connectivity index (χ0) is 18.4. The number of alkyl halides is 3. The molecule has 0 aliphatic carbocycles. The molecule has 2 aromatic heterocycles. The van der Waals surface area contributed by atoms with E-state index in [-0.39, 0.29) is 21.0 Å². The minimum atomic E-state index is -4.94. The monoisotopic (exact) mass is 420 g/mol. The van der Waals surface area contributed by atoms with Crippen LogP contribution in [0.15, 0.2) is 39.5 Å². The summed E-state index contributed by atoms with van der Waals surface area (Å²) in [6.45, 7) is 0. The largest absolute Gasteiger partial charge is 0.460 e. The van der Waals surface area contributed by atoms with E-state index in [1.807, 2.05) is 0 Å². The molecule has 0 aliphatic heterocycles. The summed E-state index contributed by atoms with van der Waals surface area (Å²) in [4.78, 5) is 15.6. The Bertz CT molecular complexity index is 984. The van der Waals surface area contributed by atoms with Gasteiger partial charge >= 0.3 is 6.18 Å². The molecule has 1 N–H and O–H groups in total. The second-order valence-electron chi connectivity index (χ2n) is 4.89. The number of nitrogens with zero attached hydrogens (tertiary/aromatic N) is 1. The fourth-order valence-electron chi connectivity index (χ4n) is 2.12. The number of carbonyl (C=O) groups excluding carboxylic acids is 1. The number of hydrogen-bond donors (Lipinski definition) is 1. The van der Waals surface area contributed by atoms with Crippen LogP contribution in [0.5, 0.6) is 0 Å². The summed E-state index contributed by atoms with van der Waals surface area (Å²) in [5.41, 5.74) is -1.87. The fraction of sp³-hybridized carbons (Fsp3) is 0.0667. The first kappa shape index (κ1) is 17.3. The van der Waals surface area contributed by atoms with Crippen LogP contribution >= 0.6 is 15.9 Å². The van der Waals surface area contributed by atoms with Crippen molar-refractivity contribution in [2.24, 2.45) is 0 Å². The highest BCUT2D eigenvalue weighted by atomic mass is 79.9. The second-order valence-corrected chi connectivity index (χ2v) is 5.74. The van der Waals surface area contributed by atoms with Crippen molar-refractivity contribution in [3.63, 3.8) is 0 Å². The molecule has 1 aromatic carbocycles. The molecule has 0 atom stereocenters. The van der Waals surface area contributed by atoms with E-state index in [4.69, 9.17) is 4.42 Å². The third kappa shape index (κ3) is 3.21. The molecule has 0 saturated heterocycles. The summed E-state index contributed by atoms with van der Waals surface area (Å²) < 4.78 is 70.3. The van der Waals surface area contributed by atoms with Crippen LogP contribution in [-0.2, 0) is 6.18 Å². The standard InChI is InChI=1S/C15H6BrF5N2O2/c16-9-2-1-6-7(5-25-13(6)12(9)18)14(24)23-11-3-8(15(19,20)21)10(17)4-22-11/h1-5H,(H,22,23,24). The first-order valence-electron chi connectivity index (χ1n) is 6.58. The van der Waals surface area contributed by atoms with Crippen LogP contribution in [0.2, 0.25) is 0 Å². The van der Waals surface area contributed by atoms with Gasteiger partial charge in [0, 0.05) is 5.39 Å². The first-order valence-corrected chi connectivity index (χ1v) is 7.37. The number of hydrogen-bond acceptors (Lipinski definition) is 3. The molecule has 4 nitrogen and oxygen atoms in total. The zero-order valence-electron chi connectivity index (χ0n) is 11.9. The summed E-state index contributed by atoms with van der Waals surface area (Å²) in [6.07, 6.45) is -3.63. The van der Waals surface area contributed by atoms with E-state index in [0.717, 1.165) is 6.26 Å². The van der Waals surface area contributed by atoms with Gasteiger partial charge in [0.15, 0.2) is 17.2 Å². The van der Waals surface area contributed by atoms with Gasteiger partial charge in [0.2, 0.25) is 0 Å². The third-order valence-electron chi connectivity index (χ3n) is 3.28. The molecule has 3 aromatic rings. The van der Waals surface area contributed by atoms with Gasteiger partial charge in [0.25, 0.3) is 5.91 Å². The number of carbonyl (C=O) groups is 1. The summed E-state index contributed by atoms with van der Waals surface area (Å²) in [7, 11) is 0. The van der Waals surface area contributed by atoms with Gasteiger partial charge in [-0.05, 0) is 34.1 Å². The number of furan rings is 1. The summed E-state index contributed by atoms with van der Waals surface area (Å²) >= 11 is 2.96. The van der Waals surface area contributed by atoms with Gasteiger partial charge in [-0.25, -0.2) is 13.8 Å². The van der Waals surface area contributed by atoms with Crippen LogP contribution in [0.1, 0.15) is 15.9 Å². The number of nitrogens with one attached hydrogen (secondary N) is 1. The number of benzene rings is 1. The Morgan fingerprint density at radius 3 is 2.64 bits per heavy atom. The SMILES string of the molecule is O=C(Nc1cc(C(F)(F)F)c(F)cn1)c1coc2c(F)c(Br)ccc12. The molecule has 0 bridgehead atoms. The number of amides is 1. The fourth-order valence-corrected chi connectivity index (χ4v) is 2.44. The lowest BCUT2D eigenvalue weighted by Gasteiger charge is -2.10. The lowest BCUT2D eigenvalue weighted by Crippen LogP contribution is -2.15. The maximum absolute atomic E-state index is 13.9. The number of halogens is 6. The molecule has 0 fully saturated rings. The van der Waals surface area contributed by atoms with Crippen molar-refractivity contribution in [2.75, 3.05) is 5.32 Å². The third-order valence-corrected chi connectivity index (χ3v) is 3.89. The molecule has 1 amide bonds. The van der Waals surface area contributed by atoms with Crippen molar-refractivity contribution in [1.29, 1.82) is 0 Å². The van der Waals surface area contributed by atoms with Gasteiger partial charge in [-0.3, -0.25) is 4.79 Å². The highest BCUT2D eigenvalue weighted by Crippen LogP contribution is 2.33. The molecule has 0 spiro atoms. The zero-order valence-corrected chi connectivity index (χ0v) is 13.5. The molecule has 0 saturated carbocycles. The molecule has 3 rings (SSSR count). The molecule has 0 unspecified atom stereocenters. The lowest BCUT2D eigenvalue weighted by molar-refractivity contribution is -0.140. The van der Waals surface area contributed by atoms with E-state index in [9.17, 15) is 26.7 Å². The smallest absolute Gasteiger partial charge is 0.419 e. The molecule has 25 heavy (non-hydrogen) atoms. The Hall–Kier alpha value is -2.49. The van der Waals surface area contributed by atoms with E-state index in [2.05, 4.69) is 26.2 Å². The topological polar surface area (TPSA) is 55.1 Å². The van der Waals surface area contributed by atoms with Crippen LogP contribution in [0.3, 0.4) is 0 Å². The van der Waals surface area contributed by atoms with Crippen molar-refractivity contribution in [3.05, 3.63) is 57.9 Å². The predicted molar refractivity (Wildman–Crippen MR) is 81.0 cm³/mol. The van der Waals surface area contributed by atoms with Crippen molar-refractivity contribution in [2.45, 2.75) is 6.18 Å². The molecule has 10 heteroatoms. The molecule has 0 aliphatic rings. The average Bonchev–Trinajstić information content (AvgIpc) is 2.96. The quantitative estimate of drug-likeness (QED) is 0.584. The van der Waals surface area contributed by atoms with E-state index in [0.29, 0.717) is 12.3 Å². The van der Waals surface area contributed by atoms with Crippen molar-refractivity contribution >= 4 is 38.6 Å². The van der Waals surface area contributed by atoms with Crippen LogP contribution in [0.4, 0.5) is 27.8 Å². The number of rotatable bonds is 2. The normalized spacial score (nSPS) is 11.8. The van der Waals surface area contributed by atoms with Crippen molar-refractivity contribution in [1.82, 2.24) is 4.98 Å². The van der Waals surface area contributed by atoms with E-state index < -0.39 is 35.1 Å². The van der Waals surface area contributed by atoms with Crippen LogP contribution in [0, 0.1) is 11.6 Å². The molecular weight excluding hydrogens is 415 g/mol. The molecule has 130 valence electrons. The number of aromatic nitrogens is 1. The molecule has 0 radical (unpaired) electrons. The van der Waals surface area contributed by atoms with Crippen molar-refractivity contribution in [3.8, 4) is 0 Å². The van der Waals surface area contributed by atoms with Gasteiger partial charge in [-0.15, -0.1) is 0 Å². The Morgan fingerprint density at radius 1 is 1.24 bits per heavy atom. The molecule has 2 heterocycles. The minimum absolute atomic E-state index is 0.110. The average molecular weight is 421 g/mol. The Labute approximate surface area is 144 Å². The number of fused-ring (bicyclic) bond motifs is 1. The Morgan fingerprint density at radius 2 is 1.96 bits per heavy atom. The summed E-state index contributed by atoms with van der Waals surface area (Å²) in [6, 6.07) is 3.12. The summed E-state index contributed by atoms with van der Waals surface area (Å²) in [5, 5.41) is 2.22. The van der Waals surface area contributed by atoms with Gasteiger partial charge in [-0.1, -0.05) is 0 Å². The number of anilines is 1. The predicted octanol–water partition coefficient (Wildman–Crippen LogP) is 5.14. The Kier molecular flexibility index (Phi) is 4.23. The van der Waals surface area contributed by atoms with E-state index in [1.165, 1.54) is 12.1 Å². The molecular formula is C15H6BrF5N2O2. The van der Waals surface area contributed by atoms with Crippen LogP contribution in [-0.4, -0.2) is 10.9 Å². The summed E-state index contributed by atoms with van der Waals surface area (Å²) in [5.74, 6) is -3.68. The van der Waals surface area contributed by atoms with E-state index in [1.54, 1.807) is 0 Å². The van der Waals surface area contributed by atoms with Gasteiger partial charge in [-0.2, -0.15) is 13.2 Å². The van der Waals surface area contributed by atoms with Crippen LogP contribution in [0.25, 0.3) is 11.0 Å². The van der Waals surface area contributed by atoms with E-state index >= 15 is 0 Å². The van der Waals surface area contributed by atoms with Crippen molar-refractivity contribution < 1.29 is 31.2 Å². The highest BCUT2D eigenvalue weighted by molar-refractivity contribution is 9.10. The van der Waals surface area contributed by atoms with Gasteiger partial charge in [0.05, 0.1) is 21.8 Å². The number of pyridine rings is 1. The highest BCUT2D eigenvalue weighted by Gasteiger charge is 2.34. The minimum Gasteiger partial charge on any atom is -0.460 e. The van der Waals surface area contributed by atoms with Gasteiger partial charge in [0.1, 0.15) is 12.1 Å². The Balaban J connectivity index is 1.95. The first-order chi connectivity index (χ1) is 11.7. The van der Waals surface area contributed by atoms with Gasteiger partial charge < -0.3 is 9.73 Å². The lowest BCUT2D eigenvalue weighted by atomic mass is 10.1. The van der Waals surface area contributed by atoms with Crippen LogP contribution < -0.4 is 5.32 Å². The maximum Gasteiger partial charge on any atom is 0.419 e. The second kappa shape index (κ2) is 6.10.